The van der Waals surface area contributed by atoms with E-state index in [1.54, 1.807) is 12.1 Å². The van der Waals surface area contributed by atoms with Crippen molar-refractivity contribution in [3.63, 3.8) is 0 Å². The van der Waals surface area contributed by atoms with Gasteiger partial charge in [0.2, 0.25) is 5.95 Å². The lowest BCUT2D eigenvalue weighted by atomic mass is 9.96. The molecule has 4 aromatic rings. The summed E-state index contributed by atoms with van der Waals surface area (Å²) in [6.45, 7) is 1.47. The standard InChI is InChI=1S/C25H25ClFN7O/c1-33(2)14-11-34(12-14)25-31-23-18(24(32-25)30-10-20(28)29)9-19(26)21(22(23)27)17-8-15(35)7-13-5-3-4-6-16(13)17/h3-9,14,35H,10-12H2,1-2H3,(H3,28,29)(H,30,31,32). The molecule has 180 valence electrons. The lowest BCUT2D eigenvalue weighted by Crippen LogP contribution is -2.58. The molecule has 8 nitrogen and oxygen atoms in total. The molecule has 1 saturated heterocycles. The fourth-order valence-electron chi connectivity index (χ4n) is 4.33. The molecule has 2 heterocycles. The van der Waals surface area contributed by atoms with Crippen LogP contribution in [0.2, 0.25) is 5.02 Å². The Balaban J connectivity index is 1.71. The molecular formula is C25H25ClFN7O. The number of phenolic OH excluding ortho intramolecular Hbond substituents is 1. The Hall–Kier alpha value is -3.69. The molecule has 10 heteroatoms. The van der Waals surface area contributed by atoms with E-state index in [0.29, 0.717) is 41.8 Å². The molecule has 0 aliphatic carbocycles. The Morgan fingerprint density at radius 2 is 1.97 bits per heavy atom. The molecule has 0 spiro atoms. The summed E-state index contributed by atoms with van der Waals surface area (Å²) in [6, 6.07) is 12.5. The summed E-state index contributed by atoms with van der Waals surface area (Å²) < 4.78 is 16.2. The second kappa shape index (κ2) is 8.83. The van der Waals surface area contributed by atoms with E-state index in [-0.39, 0.29) is 34.2 Å². The molecule has 5 N–H and O–H groups in total. The second-order valence-corrected chi connectivity index (χ2v) is 9.34. The number of aromatic nitrogens is 2. The monoisotopic (exact) mass is 493 g/mol. The first kappa shape index (κ1) is 23.1. The van der Waals surface area contributed by atoms with Crippen molar-refractivity contribution < 1.29 is 9.50 Å². The van der Waals surface area contributed by atoms with Crippen molar-refractivity contribution in [1.29, 1.82) is 5.41 Å². The normalized spacial score (nSPS) is 14.0. The third kappa shape index (κ3) is 4.17. The van der Waals surface area contributed by atoms with Gasteiger partial charge in [-0.05, 0) is 48.6 Å². The Morgan fingerprint density at radius 1 is 1.23 bits per heavy atom. The van der Waals surface area contributed by atoms with Crippen LogP contribution in [-0.4, -0.2) is 65.6 Å². The van der Waals surface area contributed by atoms with Gasteiger partial charge in [0.25, 0.3) is 0 Å². The average Bonchev–Trinajstić information content (AvgIpc) is 2.76. The summed E-state index contributed by atoms with van der Waals surface area (Å²) >= 11 is 6.64. The summed E-state index contributed by atoms with van der Waals surface area (Å²) in [5, 5.41) is 23.0. The highest BCUT2D eigenvalue weighted by atomic mass is 35.5. The minimum absolute atomic E-state index is 0.0109. The molecule has 0 radical (unpaired) electrons. The zero-order chi connectivity index (χ0) is 24.9. The molecule has 1 aromatic heterocycles. The van der Waals surface area contributed by atoms with Crippen molar-refractivity contribution >= 4 is 50.9 Å². The fraction of sp³-hybridized carbons (Fsp3) is 0.240. The number of phenols is 1. The molecule has 1 fully saturated rings. The third-order valence-electron chi connectivity index (χ3n) is 6.31. The van der Waals surface area contributed by atoms with Gasteiger partial charge in [-0.3, -0.25) is 5.41 Å². The number of halogens is 2. The van der Waals surface area contributed by atoms with Crippen molar-refractivity contribution in [3.05, 3.63) is 53.3 Å². The van der Waals surface area contributed by atoms with Gasteiger partial charge in [0.1, 0.15) is 22.9 Å². The minimum atomic E-state index is -0.609. The van der Waals surface area contributed by atoms with Gasteiger partial charge in [0, 0.05) is 30.1 Å². The van der Waals surface area contributed by atoms with Crippen LogP contribution in [0, 0.1) is 11.2 Å². The number of nitrogens with two attached hydrogens (primary N) is 1. The van der Waals surface area contributed by atoms with Gasteiger partial charge in [0.15, 0.2) is 5.82 Å². The van der Waals surface area contributed by atoms with Crippen molar-refractivity contribution in [2.45, 2.75) is 6.04 Å². The largest absolute Gasteiger partial charge is 0.508 e. The Labute approximate surface area is 206 Å². The van der Waals surface area contributed by atoms with Gasteiger partial charge >= 0.3 is 0 Å². The first-order chi connectivity index (χ1) is 16.7. The predicted octanol–water partition coefficient (Wildman–Crippen LogP) is 4.05. The number of likely N-dealkylation sites (N-methyl/N-ethyl adjacent to an activating group) is 1. The van der Waals surface area contributed by atoms with E-state index < -0.39 is 5.82 Å². The van der Waals surface area contributed by atoms with Crippen LogP contribution in [0.5, 0.6) is 5.75 Å². The molecule has 0 amide bonds. The van der Waals surface area contributed by atoms with E-state index in [9.17, 15) is 5.11 Å². The van der Waals surface area contributed by atoms with Crippen LogP contribution < -0.4 is 16.0 Å². The van der Waals surface area contributed by atoms with Gasteiger partial charge < -0.3 is 26.0 Å². The molecule has 1 aliphatic heterocycles. The van der Waals surface area contributed by atoms with Crippen LogP contribution in [0.4, 0.5) is 16.2 Å². The van der Waals surface area contributed by atoms with E-state index in [4.69, 9.17) is 22.7 Å². The van der Waals surface area contributed by atoms with Gasteiger partial charge in [-0.1, -0.05) is 35.9 Å². The number of hydrogen-bond donors (Lipinski definition) is 4. The number of hydrogen-bond acceptors (Lipinski definition) is 7. The molecule has 3 aromatic carbocycles. The smallest absolute Gasteiger partial charge is 0.228 e. The Kier molecular flexibility index (Phi) is 5.82. The molecule has 0 unspecified atom stereocenters. The maximum absolute atomic E-state index is 16.2. The molecule has 0 bridgehead atoms. The van der Waals surface area contributed by atoms with E-state index in [0.717, 1.165) is 10.8 Å². The van der Waals surface area contributed by atoms with Crippen molar-refractivity contribution in [1.82, 2.24) is 14.9 Å². The number of amidine groups is 1. The first-order valence-corrected chi connectivity index (χ1v) is 11.5. The van der Waals surface area contributed by atoms with Gasteiger partial charge in [-0.2, -0.15) is 4.98 Å². The molecule has 1 aliphatic rings. The molecule has 5 rings (SSSR count). The number of anilines is 2. The topological polar surface area (TPSA) is 114 Å². The quantitative estimate of drug-likeness (QED) is 0.237. The maximum Gasteiger partial charge on any atom is 0.228 e. The van der Waals surface area contributed by atoms with Crippen molar-refractivity contribution in [3.8, 4) is 16.9 Å². The van der Waals surface area contributed by atoms with E-state index in [1.165, 1.54) is 6.07 Å². The summed E-state index contributed by atoms with van der Waals surface area (Å²) in [5.41, 5.74) is 6.26. The van der Waals surface area contributed by atoms with Crippen LogP contribution in [-0.2, 0) is 0 Å². The summed E-state index contributed by atoms with van der Waals surface area (Å²) in [5.74, 6) is 0.0554. The summed E-state index contributed by atoms with van der Waals surface area (Å²) in [6.07, 6.45) is 0. The van der Waals surface area contributed by atoms with Crippen molar-refractivity contribution in [2.75, 3.05) is 43.9 Å². The Morgan fingerprint density at radius 3 is 2.69 bits per heavy atom. The number of rotatable bonds is 6. The zero-order valence-corrected chi connectivity index (χ0v) is 20.1. The zero-order valence-electron chi connectivity index (χ0n) is 19.3. The highest BCUT2D eigenvalue weighted by Crippen LogP contribution is 2.42. The first-order valence-electron chi connectivity index (χ1n) is 11.1. The summed E-state index contributed by atoms with van der Waals surface area (Å²) in [7, 11) is 4.02. The Bertz CT molecular complexity index is 1470. The number of nitrogens with zero attached hydrogens (tertiary/aromatic N) is 4. The maximum atomic E-state index is 16.2. The van der Waals surface area contributed by atoms with E-state index >= 15 is 4.39 Å². The molecule has 35 heavy (non-hydrogen) atoms. The van der Waals surface area contributed by atoms with Gasteiger partial charge in [0.05, 0.1) is 11.6 Å². The van der Waals surface area contributed by atoms with Crippen LogP contribution in [0.25, 0.3) is 32.8 Å². The number of benzene rings is 3. The highest BCUT2D eigenvalue weighted by molar-refractivity contribution is 6.35. The molecule has 0 atom stereocenters. The molecule has 0 saturated carbocycles. The van der Waals surface area contributed by atoms with Crippen molar-refractivity contribution in [2.24, 2.45) is 5.73 Å². The van der Waals surface area contributed by atoms with Gasteiger partial charge in [-0.25, -0.2) is 9.37 Å². The van der Waals surface area contributed by atoms with E-state index in [1.807, 2.05) is 43.3 Å². The predicted molar refractivity (Wildman–Crippen MR) is 139 cm³/mol. The third-order valence-corrected chi connectivity index (χ3v) is 6.61. The van der Waals surface area contributed by atoms with Gasteiger partial charge in [-0.15, -0.1) is 0 Å². The van der Waals surface area contributed by atoms with Crippen LogP contribution in [0.3, 0.4) is 0 Å². The van der Waals surface area contributed by atoms with Crippen LogP contribution >= 0.6 is 11.6 Å². The highest BCUT2D eigenvalue weighted by Gasteiger charge is 2.31. The summed E-state index contributed by atoms with van der Waals surface area (Å²) in [4.78, 5) is 13.3. The SMILES string of the molecule is CN(C)C1CN(c2nc(NCC(=N)N)c3cc(Cl)c(-c4cc(O)cc5ccccc45)c(F)c3n2)C1. The number of aromatic hydroxyl groups is 1. The second-order valence-electron chi connectivity index (χ2n) is 8.93. The lowest BCUT2D eigenvalue weighted by Gasteiger charge is -2.42. The fourth-order valence-corrected chi connectivity index (χ4v) is 4.63. The minimum Gasteiger partial charge on any atom is -0.508 e. The molecular weight excluding hydrogens is 469 g/mol. The number of nitrogens with one attached hydrogen (secondary N) is 2. The van der Waals surface area contributed by atoms with E-state index in [2.05, 4.69) is 20.2 Å². The number of fused-ring (bicyclic) bond motifs is 2. The lowest BCUT2D eigenvalue weighted by molar-refractivity contribution is 0.245. The van der Waals surface area contributed by atoms with Crippen LogP contribution in [0.15, 0.2) is 42.5 Å². The average molecular weight is 494 g/mol. The van der Waals surface area contributed by atoms with Crippen LogP contribution in [0.1, 0.15) is 0 Å².